The number of rotatable bonds is 0. The van der Waals surface area contributed by atoms with Crippen molar-refractivity contribution in [2.24, 2.45) is 0 Å². The van der Waals surface area contributed by atoms with Crippen LogP contribution < -0.4 is 0 Å². The first-order chi connectivity index (χ1) is 6.34. The van der Waals surface area contributed by atoms with E-state index in [2.05, 4.69) is 16.3 Å². The van der Waals surface area contributed by atoms with Crippen molar-refractivity contribution in [1.82, 2.24) is 0 Å². The Hall–Kier alpha value is -0.620. The fourth-order valence-corrected chi connectivity index (χ4v) is 1.31. The zero-order valence-electron chi connectivity index (χ0n) is 6.38. The molecule has 0 amide bonds. The van der Waals surface area contributed by atoms with Crippen molar-refractivity contribution in [2.45, 2.75) is 10.7 Å². The van der Waals surface area contributed by atoms with Crippen LogP contribution in [0, 0.1) is 0 Å². The van der Waals surface area contributed by atoms with Crippen LogP contribution in [-0.2, 0) is 4.74 Å². The SMILES string of the molecule is FC1=C(F)C2(CO2)C(F)=C(F)C1(F)Cl. The lowest BCUT2D eigenvalue weighted by molar-refractivity contribution is 0.197. The second-order valence-electron chi connectivity index (χ2n) is 2.95. The van der Waals surface area contributed by atoms with Crippen molar-refractivity contribution < 1.29 is 26.7 Å². The van der Waals surface area contributed by atoms with Gasteiger partial charge in [0.15, 0.2) is 28.9 Å². The fourth-order valence-electron chi connectivity index (χ4n) is 1.15. The van der Waals surface area contributed by atoms with Gasteiger partial charge in [-0.2, -0.15) is 0 Å². The van der Waals surface area contributed by atoms with Gasteiger partial charge in [0.05, 0.1) is 6.61 Å². The molecule has 0 aromatic rings. The molecule has 1 spiro atoms. The monoisotopic (exact) mass is 232 g/mol. The molecule has 0 bridgehead atoms. The third kappa shape index (κ3) is 0.926. The molecule has 2 aliphatic rings. The van der Waals surface area contributed by atoms with Crippen molar-refractivity contribution in [3.05, 3.63) is 23.3 Å². The molecule has 1 saturated heterocycles. The smallest absolute Gasteiger partial charge is 0.291 e. The standard InChI is InChI=1S/C7H2ClF5O/c8-7(13)4(11)2(9)6(1-14-6)3(10)5(7)12/h1H2. The van der Waals surface area contributed by atoms with Crippen LogP contribution in [0.15, 0.2) is 23.3 Å². The first-order valence-electron chi connectivity index (χ1n) is 3.48. The Morgan fingerprint density at radius 1 is 1.00 bits per heavy atom. The molecule has 0 aromatic heterocycles. The predicted octanol–water partition coefficient (Wildman–Crippen LogP) is 2.97. The first kappa shape index (κ1) is 9.92. The summed E-state index contributed by atoms with van der Waals surface area (Å²) in [6.07, 6.45) is 0. The Morgan fingerprint density at radius 2 is 1.36 bits per heavy atom. The lowest BCUT2D eigenvalue weighted by Gasteiger charge is -2.22. The van der Waals surface area contributed by atoms with Crippen LogP contribution in [0.1, 0.15) is 0 Å². The minimum atomic E-state index is -3.90. The lowest BCUT2D eigenvalue weighted by Crippen LogP contribution is -2.31. The van der Waals surface area contributed by atoms with Crippen molar-refractivity contribution in [2.75, 3.05) is 6.61 Å². The third-order valence-corrected chi connectivity index (χ3v) is 2.41. The molecule has 78 valence electrons. The van der Waals surface area contributed by atoms with Gasteiger partial charge in [0.25, 0.3) is 5.13 Å². The second kappa shape index (κ2) is 2.49. The maximum absolute atomic E-state index is 13.0. The van der Waals surface area contributed by atoms with E-state index in [-0.39, 0.29) is 0 Å². The molecule has 0 saturated carbocycles. The van der Waals surface area contributed by atoms with Crippen LogP contribution in [0.25, 0.3) is 0 Å². The summed E-state index contributed by atoms with van der Waals surface area (Å²) >= 11 is 4.65. The number of hydrogen-bond acceptors (Lipinski definition) is 1. The van der Waals surface area contributed by atoms with Gasteiger partial charge in [-0.15, -0.1) is 0 Å². The summed E-state index contributed by atoms with van der Waals surface area (Å²) in [5.74, 6) is -8.10. The number of epoxide rings is 1. The predicted molar refractivity (Wildman–Crippen MR) is 36.9 cm³/mol. The van der Waals surface area contributed by atoms with E-state index in [1.165, 1.54) is 0 Å². The molecule has 1 fully saturated rings. The van der Waals surface area contributed by atoms with Gasteiger partial charge in [-0.25, -0.2) is 22.0 Å². The van der Waals surface area contributed by atoms with E-state index in [1.807, 2.05) is 0 Å². The molecule has 0 atom stereocenters. The fraction of sp³-hybridized carbons (Fsp3) is 0.429. The molecule has 0 aromatic carbocycles. The van der Waals surface area contributed by atoms with Gasteiger partial charge in [-0.1, -0.05) is 11.6 Å². The van der Waals surface area contributed by atoms with Crippen LogP contribution in [0.4, 0.5) is 22.0 Å². The summed E-state index contributed by atoms with van der Waals surface area (Å²) in [6, 6.07) is 0. The number of allylic oxidation sites excluding steroid dienone is 2. The summed E-state index contributed by atoms with van der Waals surface area (Å²) in [4.78, 5) is 0. The Balaban J connectivity index is 2.61. The first-order valence-corrected chi connectivity index (χ1v) is 3.86. The van der Waals surface area contributed by atoms with E-state index >= 15 is 0 Å². The quantitative estimate of drug-likeness (QED) is 0.355. The second-order valence-corrected chi connectivity index (χ2v) is 3.47. The Bertz CT molecular complexity index is 316. The largest absolute Gasteiger partial charge is 0.354 e. The van der Waals surface area contributed by atoms with Crippen molar-refractivity contribution in [3.63, 3.8) is 0 Å². The molecule has 0 radical (unpaired) electrons. The highest BCUT2D eigenvalue weighted by Gasteiger charge is 2.65. The van der Waals surface area contributed by atoms with Crippen LogP contribution in [0.5, 0.6) is 0 Å². The van der Waals surface area contributed by atoms with E-state index in [0.717, 1.165) is 0 Å². The van der Waals surface area contributed by atoms with E-state index in [1.54, 1.807) is 0 Å². The van der Waals surface area contributed by atoms with E-state index in [9.17, 15) is 22.0 Å². The Kier molecular flexibility index (Phi) is 1.76. The van der Waals surface area contributed by atoms with Gasteiger partial charge in [0, 0.05) is 0 Å². The molecule has 7 heteroatoms. The molecule has 2 rings (SSSR count). The van der Waals surface area contributed by atoms with Crippen LogP contribution in [-0.4, -0.2) is 17.3 Å². The molecule has 0 unspecified atom stereocenters. The molecular formula is C7H2ClF5O. The summed E-state index contributed by atoms with van der Waals surface area (Å²) in [5, 5.41) is -3.90. The van der Waals surface area contributed by atoms with Crippen LogP contribution in [0.2, 0.25) is 0 Å². The molecule has 1 aliphatic heterocycles. The molecule has 1 aliphatic carbocycles. The molecule has 14 heavy (non-hydrogen) atoms. The van der Waals surface area contributed by atoms with E-state index < -0.39 is 40.6 Å². The minimum absolute atomic E-state index is 0.571. The normalized spacial score (nSPS) is 42.4. The highest BCUT2D eigenvalue weighted by atomic mass is 35.5. The average molecular weight is 233 g/mol. The average Bonchev–Trinajstić information content (AvgIpc) is 2.92. The maximum Gasteiger partial charge on any atom is 0.291 e. The minimum Gasteiger partial charge on any atom is -0.354 e. The van der Waals surface area contributed by atoms with Crippen LogP contribution in [0.3, 0.4) is 0 Å². The molecule has 0 N–H and O–H groups in total. The topological polar surface area (TPSA) is 12.5 Å². The van der Waals surface area contributed by atoms with Crippen LogP contribution >= 0.6 is 11.6 Å². The van der Waals surface area contributed by atoms with Gasteiger partial charge < -0.3 is 4.74 Å². The number of ether oxygens (including phenoxy) is 1. The van der Waals surface area contributed by atoms with Crippen molar-refractivity contribution >= 4 is 11.6 Å². The molecular weight excluding hydrogens is 231 g/mol. The number of alkyl halides is 2. The van der Waals surface area contributed by atoms with Gasteiger partial charge in [0.1, 0.15) is 0 Å². The maximum atomic E-state index is 13.0. The van der Waals surface area contributed by atoms with Gasteiger partial charge in [-0.3, -0.25) is 0 Å². The van der Waals surface area contributed by atoms with Gasteiger partial charge >= 0.3 is 0 Å². The zero-order valence-corrected chi connectivity index (χ0v) is 7.14. The number of hydrogen-bond donors (Lipinski definition) is 0. The third-order valence-electron chi connectivity index (χ3n) is 2.08. The van der Waals surface area contributed by atoms with Gasteiger partial charge in [0.2, 0.25) is 0 Å². The summed E-state index contributed by atoms with van der Waals surface area (Å²) in [7, 11) is 0. The summed E-state index contributed by atoms with van der Waals surface area (Å²) < 4.78 is 68.6. The zero-order chi connectivity index (χ0) is 10.7. The molecule has 1 heterocycles. The summed E-state index contributed by atoms with van der Waals surface area (Å²) in [6.45, 7) is -0.571. The summed E-state index contributed by atoms with van der Waals surface area (Å²) in [5.41, 5.74) is -2.40. The van der Waals surface area contributed by atoms with Gasteiger partial charge in [-0.05, 0) is 0 Å². The highest BCUT2D eigenvalue weighted by Crippen LogP contribution is 2.56. The van der Waals surface area contributed by atoms with Crippen molar-refractivity contribution in [1.29, 1.82) is 0 Å². The Morgan fingerprint density at radius 3 is 1.64 bits per heavy atom. The van der Waals surface area contributed by atoms with Crippen molar-refractivity contribution in [3.8, 4) is 0 Å². The lowest BCUT2D eigenvalue weighted by atomic mass is 9.98. The molecule has 1 nitrogen and oxygen atoms in total. The van der Waals surface area contributed by atoms with E-state index in [0.29, 0.717) is 0 Å². The van der Waals surface area contributed by atoms with E-state index in [4.69, 9.17) is 0 Å². The Labute approximate surface area is 79.8 Å². The highest BCUT2D eigenvalue weighted by molar-refractivity contribution is 6.26. The number of halogens is 6.